The van der Waals surface area contributed by atoms with E-state index < -0.39 is 35.8 Å². The van der Waals surface area contributed by atoms with Crippen LogP contribution in [0.2, 0.25) is 5.02 Å². The van der Waals surface area contributed by atoms with Crippen molar-refractivity contribution in [2.45, 2.75) is 44.4 Å². The summed E-state index contributed by atoms with van der Waals surface area (Å²) in [5, 5.41) is 30.2. The van der Waals surface area contributed by atoms with Crippen molar-refractivity contribution in [3.8, 4) is 11.1 Å². The third kappa shape index (κ3) is 12.7. The Labute approximate surface area is 273 Å². The van der Waals surface area contributed by atoms with Crippen LogP contribution in [0.3, 0.4) is 0 Å². The number of aliphatic hydroxyl groups is 3. The Morgan fingerprint density at radius 1 is 1.04 bits per heavy atom. The van der Waals surface area contributed by atoms with E-state index in [0.717, 1.165) is 25.8 Å². The standard InChI is InChI=1S/C22H22ClN3O6.C7H10.3H3OP/c23-16-4-2-1-3-15(16)13-5-8-24-14(11-13)12-26-18(28)6-9-25(22(26)31)21-20(30)19(29)17(32-21)7-10-27;1-4-6-7(3)5-2;3*1-2/h1-6,8-9,11,17,19-21,27,29-30H,7,10,12H2;4-6H,1-2H2,3H3;3*1H,2H2/b;7-6-;;;. The second kappa shape index (κ2) is 23.8. The van der Waals surface area contributed by atoms with E-state index in [1.807, 2.05) is 31.2 Å². The summed E-state index contributed by atoms with van der Waals surface area (Å²) in [6.45, 7) is 8.71. The van der Waals surface area contributed by atoms with Crippen molar-refractivity contribution in [2.24, 2.45) is 0 Å². The van der Waals surface area contributed by atoms with Crippen molar-refractivity contribution in [1.29, 1.82) is 0 Å². The molecule has 45 heavy (non-hydrogen) atoms. The zero-order valence-electron chi connectivity index (χ0n) is 24.6. The summed E-state index contributed by atoms with van der Waals surface area (Å²) in [6.07, 6.45) is 3.65. The predicted molar refractivity (Wildman–Crippen MR) is 186 cm³/mol. The maximum atomic E-state index is 13.1. The van der Waals surface area contributed by atoms with Gasteiger partial charge in [-0.3, -0.25) is 18.9 Å². The summed E-state index contributed by atoms with van der Waals surface area (Å²) in [5.74, 6) is 0. The van der Waals surface area contributed by atoms with E-state index in [2.05, 4.69) is 18.1 Å². The molecule has 12 nitrogen and oxygen atoms in total. The van der Waals surface area contributed by atoms with Crippen molar-refractivity contribution in [3.05, 3.63) is 123 Å². The molecule has 1 aliphatic heterocycles. The number of allylic oxidation sites excluding steroid dienone is 4. The van der Waals surface area contributed by atoms with E-state index in [1.54, 1.807) is 36.5 Å². The largest absolute Gasteiger partial charge is 0.396 e. The van der Waals surface area contributed by atoms with E-state index >= 15 is 0 Å². The summed E-state index contributed by atoms with van der Waals surface area (Å²) in [4.78, 5) is 50.5. The Balaban J connectivity index is 0.00000128. The van der Waals surface area contributed by atoms with E-state index in [9.17, 15) is 19.8 Å². The van der Waals surface area contributed by atoms with E-state index in [-0.39, 0.29) is 19.6 Å². The molecule has 7 atom stereocenters. The van der Waals surface area contributed by atoms with Crippen LogP contribution in [0, 0.1) is 0 Å². The van der Waals surface area contributed by atoms with Crippen LogP contribution in [0.1, 0.15) is 25.3 Å². The van der Waals surface area contributed by atoms with Gasteiger partial charge in [-0.05, 0) is 65.5 Å². The molecule has 248 valence electrons. The van der Waals surface area contributed by atoms with Crippen molar-refractivity contribution in [2.75, 3.05) is 6.61 Å². The second-order valence-electron chi connectivity index (χ2n) is 8.85. The number of hydrogen-bond donors (Lipinski definition) is 6. The Morgan fingerprint density at radius 3 is 2.24 bits per heavy atom. The number of halogens is 1. The molecule has 0 spiro atoms. The molecular formula is C29H41ClN3O9P3. The fraction of sp³-hybridized carbons (Fsp3) is 0.276. The van der Waals surface area contributed by atoms with Gasteiger partial charge in [0.15, 0.2) is 6.23 Å². The third-order valence-electron chi connectivity index (χ3n) is 6.14. The number of aliphatic hydroxyl groups excluding tert-OH is 3. The third-order valence-corrected chi connectivity index (χ3v) is 6.47. The van der Waals surface area contributed by atoms with E-state index in [4.69, 9.17) is 36.1 Å². The smallest absolute Gasteiger partial charge is 0.333 e. The Hall–Kier alpha value is -2.43. The van der Waals surface area contributed by atoms with Crippen LogP contribution in [-0.2, 0) is 11.3 Å². The van der Waals surface area contributed by atoms with Crippen LogP contribution < -0.4 is 11.2 Å². The fourth-order valence-electron chi connectivity index (χ4n) is 4.04. The van der Waals surface area contributed by atoms with Crippen molar-refractivity contribution in [1.82, 2.24) is 14.1 Å². The Morgan fingerprint density at radius 2 is 1.69 bits per heavy atom. The summed E-state index contributed by atoms with van der Waals surface area (Å²) < 4.78 is 7.62. The molecule has 3 heterocycles. The average Bonchev–Trinajstić information content (AvgIpc) is 3.35. The maximum absolute atomic E-state index is 13.1. The highest BCUT2D eigenvalue weighted by atomic mass is 35.5. The summed E-state index contributed by atoms with van der Waals surface area (Å²) in [6, 6.07) is 12.0. The number of rotatable bonds is 8. The average molecular weight is 704 g/mol. The summed E-state index contributed by atoms with van der Waals surface area (Å²) in [7, 11) is 4.25. The fourth-order valence-corrected chi connectivity index (χ4v) is 4.28. The van der Waals surface area contributed by atoms with Gasteiger partial charge in [0.2, 0.25) is 0 Å². The van der Waals surface area contributed by atoms with Crippen LogP contribution in [0.4, 0.5) is 0 Å². The molecular weight excluding hydrogens is 663 g/mol. The van der Waals surface area contributed by atoms with Crippen LogP contribution in [-0.4, -0.2) is 69.0 Å². The normalized spacial score (nSPS) is 18.3. The number of benzene rings is 1. The Bertz CT molecular complexity index is 1470. The van der Waals surface area contributed by atoms with Gasteiger partial charge in [-0.25, -0.2) is 4.79 Å². The molecule has 1 saturated heterocycles. The Kier molecular flexibility index (Phi) is 22.6. The number of hydrogen-bond acceptors (Lipinski definition) is 10. The van der Waals surface area contributed by atoms with E-state index in [1.165, 1.54) is 40.7 Å². The van der Waals surface area contributed by atoms with Crippen LogP contribution in [0.15, 0.2) is 101 Å². The van der Waals surface area contributed by atoms with Gasteiger partial charge in [0.05, 0.1) is 18.3 Å². The number of pyridine rings is 1. The number of aromatic nitrogens is 3. The van der Waals surface area contributed by atoms with Crippen molar-refractivity contribution >= 4 is 40.0 Å². The molecule has 6 N–H and O–H groups in total. The van der Waals surface area contributed by atoms with Gasteiger partial charge in [0, 0.05) is 35.7 Å². The topological polar surface area (TPSA) is 188 Å². The minimum absolute atomic E-state index is 0.0991. The van der Waals surface area contributed by atoms with Gasteiger partial charge in [-0.1, -0.05) is 66.8 Å². The first kappa shape index (κ1) is 42.6. The van der Waals surface area contributed by atoms with Crippen molar-refractivity contribution in [3.63, 3.8) is 0 Å². The minimum atomic E-state index is -1.39. The van der Waals surface area contributed by atoms with Crippen molar-refractivity contribution < 1.29 is 34.7 Å². The lowest BCUT2D eigenvalue weighted by Gasteiger charge is -2.18. The first-order valence-corrected chi connectivity index (χ1v) is 15.0. The lowest BCUT2D eigenvalue weighted by molar-refractivity contribution is -0.0458. The molecule has 1 fully saturated rings. The molecule has 1 aromatic carbocycles. The van der Waals surface area contributed by atoms with Crippen LogP contribution >= 0.6 is 40.0 Å². The van der Waals surface area contributed by atoms with Gasteiger partial charge in [-0.2, -0.15) is 0 Å². The van der Waals surface area contributed by atoms with Crippen LogP contribution in [0.25, 0.3) is 11.1 Å². The molecule has 1 aliphatic rings. The maximum Gasteiger partial charge on any atom is 0.333 e. The molecule has 16 heteroatoms. The predicted octanol–water partition coefficient (Wildman–Crippen LogP) is 2.39. The van der Waals surface area contributed by atoms with Gasteiger partial charge >= 0.3 is 5.69 Å². The SMILES string of the molecule is C=C/C=C(/C)C=C.O=c1ccn(C2OC(CCO)C(O)C2O)c(=O)n1Cc1cc(-c2ccccc2Cl)ccn1.OP.OP.OP. The van der Waals surface area contributed by atoms with Crippen LogP contribution in [0.5, 0.6) is 0 Å². The van der Waals surface area contributed by atoms with Gasteiger partial charge < -0.3 is 34.7 Å². The quantitative estimate of drug-likeness (QED) is 0.150. The highest BCUT2D eigenvalue weighted by molar-refractivity contribution is 7.08. The molecule has 3 aromatic rings. The molecule has 2 aromatic heterocycles. The van der Waals surface area contributed by atoms with Gasteiger partial charge in [0.25, 0.3) is 5.56 Å². The summed E-state index contributed by atoms with van der Waals surface area (Å²) >= 11 is 6.27. The highest BCUT2D eigenvalue weighted by Crippen LogP contribution is 2.30. The second-order valence-corrected chi connectivity index (χ2v) is 9.26. The zero-order valence-corrected chi connectivity index (χ0v) is 28.9. The molecule has 7 unspecified atom stereocenters. The minimum Gasteiger partial charge on any atom is -0.396 e. The van der Waals surface area contributed by atoms with Gasteiger partial charge in [-0.15, -0.1) is 0 Å². The zero-order chi connectivity index (χ0) is 34.5. The lowest BCUT2D eigenvalue weighted by atomic mass is 10.1. The number of ether oxygens (including phenoxy) is 1. The monoisotopic (exact) mass is 703 g/mol. The summed E-state index contributed by atoms with van der Waals surface area (Å²) in [5.41, 5.74) is 1.93. The molecule has 0 bridgehead atoms. The molecule has 0 aliphatic carbocycles. The van der Waals surface area contributed by atoms with E-state index in [0.29, 0.717) is 10.7 Å². The lowest BCUT2D eigenvalue weighted by Crippen LogP contribution is -2.43. The first-order chi connectivity index (χ1) is 21.7. The number of nitrogens with zero attached hydrogens (tertiary/aromatic N) is 3. The molecule has 0 amide bonds. The molecule has 4 rings (SSSR count). The molecule has 0 saturated carbocycles. The first-order valence-electron chi connectivity index (χ1n) is 13.0. The van der Waals surface area contributed by atoms with Gasteiger partial charge in [0.1, 0.15) is 12.2 Å². The molecule has 0 radical (unpaired) electrons. The highest BCUT2D eigenvalue weighted by Gasteiger charge is 2.43.